The first kappa shape index (κ1) is 15.1. The van der Waals surface area contributed by atoms with Crippen molar-refractivity contribution in [2.24, 2.45) is 0 Å². The van der Waals surface area contributed by atoms with Crippen LogP contribution >= 0.6 is 0 Å². The van der Waals surface area contributed by atoms with Gasteiger partial charge >= 0.3 is 0 Å². The summed E-state index contributed by atoms with van der Waals surface area (Å²) in [6.45, 7) is 0. The van der Waals surface area contributed by atoms with Crippen molar-refractivity contribution in [2.45, 2.75) is 36.7 Å². The number of methoxy groups -OCH3 is 2. The zero-order chi connectivity index (χ0) is 16.0. The molecule has 1 heterocycles. The smallest absolute Gasteiger partial charge is 0.252 e. The Bertz CT molecular complexity index is 604. The van der Waals surface area contributed by atoms with E-state index in [0.717, 1.165) is 0 Å². The molecule has 4 N–H and O–H groups in total. The molecule has 7 nitrogen and oxygen atoms in total. The summed E-state index contributed by atoms with van der Waals surface area (Å²) in [5.41, 5.74) is 1.10. The molecule has 0 saturated heterocycles. The van der Waals surface area contributed by atoms with Crippen molar-refractivity contribution in [1.29, 1.82) is 0 Å². The number of fused-ring (bicyclic) bond motifs is 3. The first-order chi connectivity index (χ1) is 10.5. The van der Waals surface area contributed by atoms with Gasteiger partial charge in [0.15, 0.2) is 11.5 Å². The van der Waals surface area contributed by atoms with Crippen molar-refractivity contribution >= 4 is 5.91 Å². The summed E-state index contributed by atoms with van der Waals surface area (Å²) in [4.78, 5) is 12.3. The number of carbonyl (C=O) groups is 1. The number of ether oxygens (including phenoxy) is 2. The molecule has 1 saturated carbocycles. The minimum absolute atomic E-state index is 0.242. The average molecular weight is 309 g/mol. The molecule has 0 unspecified atom stereocenters. The molecule has 1 fully saturated rings. The molecule has 1 aliphatic heterocycles. The lowest BCUT2D eigenvalue weighted by molar-refractivity contribution is -0.104. The fourth-order valence-electron chi connectivity index (χ4n) is 3.36. The van der Waals surface area contributed by atoms with Crippen LogP contribution in [-0.4, -0.2) is 59.8 Å². The predicted molar refractivity (Wildman–Crippen MR) is 76.2 cm³/mol. The summed E-state index contributed by atoms with van der Waals surface area (Å²) in [5, 5.41) is 32.6. The van der Waals surface area contributed by atoms with Crippen molar-refractivity contribution in [1.82, 2.24) is 5.32 Å². The number of amides is 1. The molecule has 0 bridgehead atoms. The van der Waals surface area contributed by atoms with E-state index in [4.69, 9.17) is 9.47 Å². The summed E-state index contributed by atoms with van der Waals surface area (Å²) in [5.74, 6) is 0.261. The van der Waals surface area contributed by atoms with E-state index in [1.807, 2.05) is 0 Å². The molecule has 1 amide bonds. The minimum Gasteiger partial charge on any atom is -0.493 e. The van der Waals surface area contributed by atoms with E-state index in [1.54, 1.807) is 12.1 Å². The summed E-state index contributed by atoms with van der Waals surface area (Å²) in [6.07, 6.45) is -3.31. The molecule has 1 aromatic carbocycles. The molecular formula is C15H19NO6. The van der Waals surface area contributed by atoms with Crippen molar-refractivity contribution < 1.29 is 29.6 Å². The van der Waals surface area contributed by atoms with Crippen molar-refractivity contribution in [2.75, 3.05) is 14.2 Å². The van der Waals surface area contributed by atoms with Crippen LogP contribution in [0.5, 0.6) is 11.5 Å². The molecule has 0 radical (unpaired) electrons. The Morgan fingerprint density at radius 1 is 1.09 bits per heavy atom. The fraction of sp³-hybridized carbons (Fsp3) is 0.533. The van der Waals surface area contributed by atoms with Crippen molar-refractivity contribution in [3.63, 3.8) is 0 Å². The van der Waals surface area contributed by atoms with Gasteiger partial charge in [0.2, 0.25) is 0 Å². The third kappa shape index (κ3) is 2.13. The summed E-state index contributed by atoms with van der Waals surface area (Å²) >= 11 is 0. The van der Waals surface area contributed by atoms with E-state index in [1.165, 1.54) is 14.2 Å². The molecule has 1 aromatic rings. The third-order valence-electron chi connectivity index (χ3n) is 4.54. The zero-order valence-corrected chi connectivity index (χ0v) is 12.3. The van der Waals surface area contributed by atoms with Gasteiger partial charge in [0, 0.05) is 11.5 Å². The minimum atomic E-state index is -1.27. The largest absolute Gasteiger partial charge is 0.493 e. The van der Waals surface area contributed by atoms with E-state index in [-0.39, 0.29) is 18.2 Å². The lowest BCUT2D eigenvalue weighted by Gasteiger charge is -2.44. The van der Waals surface area contributed by atoms with Crippen LogP contribution in [-0.2, 0) is 0 Å². The van der Waals surface area contributed by atoms with Crippen LogP contribution in [0, 0.1) is 0 Å². The predicted octanol–water partition coefficient (Wildman–Crippen LogP) is -0.614. The van der Waals surface area contributed by atoms with E-state index in [2.05, 4.69) is 5.32 Å². The van der Waals surface area contributed by atoms with Crippen LogP contribution < -0.4 is 14.8 Å². The zero-order valence-electron chi connectivity index (χ0n) is 12.3. The van der Waals surface area contributed by atoms with Crippen molar-refractivity contribution in [3.05, 3.63) is 23.3 Å². The van der Waals surface area contributed by atoms with Gasteiger partial charge in [-0.15, -0.1) is 0 Å². The highest BCUT2D eigenvalue weighted by Crippen LogP contribution is 2.42. The van der Waals surface area contributed by atoms with E-state index in [9.17, 15) is 20.1 Å². The quantitative estimate of drug-likeness (QED) is 0.580. The Labute approximate surface area is 127 Å². The van der Waals surface area contributed by atoms with Gasteiger partial charge in [0.25, 0.3) is 5.91 Å². The highest BCUT2D eigenvalue weighted by atomic mass is 16.5. The molecule has 120 valence electrons. The highest BCUT2D eigenvalue weighted by molar-refractivity contribution is 5.98. The van der Waals surface area contributed by atoms with Gasteiger partial charge in [-0.25, -0.2) is 0 Å². The molecular weight excluding hydrogens is 290 g/mol. The number of nitrogens with one attached hydrogen (secondary N) is 1. The number of hydrogen-bond donors (Lipinski definition) is 4. The van der Waals surface area contributed by atoms with Crippen LogP contribution in [0.2, 0.25) is 0 Å². The second-order valence-corrected chi connectivity index (χ2v) is 5.68. The van der Waals surface area contributed by atoms with Gasteiger partial charge in [0.05, 0.1) is 26.4 Å². The van der Waals surface area contributed by atoms with Gasteiger partial charge in [0.1, 0.15) is 12.2 Å². The Morgan fingerprint density at radius 3 is 2.36 bits per heavy atom. The summed E-state index contributed by atoms with van der Waals surface area (Å²) < 4.78 is 10.5. The van der Waals surface area contributed by atoms with Gasteiger partial charge in [-0.05, 0) is 24.1 Å². The van der Waals surface area contributed by atoms with Crippen LogP contribution in [0.3, 0.4) is 0 Å². The van der Waals surface area contributed by atoms with Crippen LogP contribution in [0.25, 0.3) is 0 Å². The van der Waals surface area contributed by atoms with E-state index in [0.29, 0.717) is 22.6 Å². The molecule has 5 atom stereocenters. The fourth-order valence-corrected chi connectivity index (χ4v) is 3.36. The molecule has 0 spiro atoms. The van der Waals surface area contributed by atoms with Crippen molar-refractivity contribution in [3.8, 4) is 11.5 Å². The van der Waals surface area contributed by atoms with Crippen LogP contribution in [0.15, 0.2) is 12.1 Å². The molecule has 22 heavy (non-hydrogen) atoms. The van der Waals surface area contributed by atoms with Gasteiger partial charge in [-0.1, -0.05) is 0 Å². The Morgan fingerprint density at radius 2 is 1.73 bits per heavy atom. The third-order valence-corrected chi connectivity index (χ3v) is 4.54. The molecule has 7 heteroatoms. The number of benzene rings is 1. The highest BCUT2D eigenvalue weighted by Gasteiger charge is 2.47. The lowest BCUT2D eigenvalue weighted by Crippen LogP contribution is -2.61. The van der Waals surface area contributed by atoms with Gasteiger partial charge < -0.3 is 30.1 Å². The topological polar surface area (TPSA) is 108 Å². The summed E-state index contributed by atoms with van der Waals surface area (Å²) in [6, 6.07) is 2.64. The maximum absolute atomic E-state index is 12.3. The Kier molecular flexibility index (Phi) is 3.72. The SMILES string of the molecule is COc1cc2c(cc1OC)[C@H]1C[C@H](O)[C@H](O)[C@H](O)[C@@H]1NC2=O. The number of aliphatic hydroxyl groups is 3. The normalized spacial score (nSPS) is 33.5. The van der Waals surface area contributed by atoms with Gasteiger partial charge in [-0.2, -0.15) is 0 Å². The Balaban J connectivity index is 2.10. The number of hydrogen-bond acceptors (Lipinski definition) is 6. The lowest BCUT2D eigenvalue weighted by atomic mass is 9.72. The second kappa shape index (κ2) is 5.42. The van der Waals surface area contributed by atoms with Crippen LogP contribution in [0.1, 0.15) is 28.3 Å². The second-order valence-electron chi connectivity index (χ2n) is 5.68. The molecule has 3 rings (SSSR count). The molecule has 2 aliphatic rings. The standard InChI is InChI=1S/C15H19NO6/c1-21-10-4-6-7-3-9(17)13(18)14(19)12(7)16-15(20)8(6)5-11(10)22-2/h4-5,7,9,12-14,17-19H,3H2,1-2H3,(H,16,20)/t7-,9+,12-,13+,14-/m1/s1. The van der Waals surface area contributed by atoms with Gasteiger partial charge in [-0.3, -0.25) is 4.79 Å². The maximum Gasteiger partial charge on any atom is 0.252 e. The summed E-state index contributed by atoms with van der Waals surface area (Å²) in [7, 11) is 2.98. The monoisotopic (exact) mass is 309 g/mol. The van der Waals surface area contributed by atoms with Crippen LogP contribution in [0.4, 0.5) is 0 Å². The van der Waals surface area contributed by atoms with E-state index >= 15 is 0 Å². The first-order valence-corrected chi connectivity index (χ1v) is 7.09. The molecule has 1 aliphatic carbocycles. The number of rotatable bonds is 2. The maximum atomic E-state index is 12.3. The Hall–Kier alpha value is -1.83. The first-order valence-electron chi connectivity index (χ1n) is 7.09. The number of carbonyl (C=O) groups excluding carboxylic acids is 1. The van der Waals surface area contributed by atoms with E-state index < -0.39 is 24.4 Å². The molecule has 0 aromatic heterocycles. The number of aliphatic hydroxyl groups excluding tert-OH is 3. The average Bonchev–Trinajstić information content (AvgIpc) is 2.53.